The minimum atomic E-state index is 0.641. The van der Waals surface area contributed by atoms with E-state index in [1.54, 1.807) is 27.7 Å². The average molecular weight is 336 g/mol. The molecule has 0 fully saturated rings. The second-order valence-corrected chi connectivity index (χ2v) is 7.14. The minimum Gasteiger partial charge on any atom is -0.0843 e. The van der Waals surface area contributed by atoms with Crippen LogP contribution in [0.25, 0.3) is 0 Å². The molecule has 0 aromatic heterocycles. The van der Waals surface area contributed by atoms with Gasteiger partial charge in [-0.1, -0.05) is 62.5 Å². The van der Waals surface area contributed by atoms with Gasteiger partial charge in [0.1, 0.15) is 0 Å². The normalized spacial score (nSPS) is 10.7. The first-order valence-corrected chi connectivity index (χ1v) is 8.40. The summed E-state index contributed by atoms with van der Waals surface area (Å²) < 4.78 is 0. The third kappa shape index (κ3) is 3.75. The molecule has 0 saturated heterocycles. The van der Waals surface area contributed by atoms with Crippen molar-refractivity contribution < 1.29 is 0 Å². The molecule has 0 heterocycles. The number of halogens is 3. The van der Waals surface area contributed by atoms with E-state index in [-0.39, 0.29) is 0 Å². The Bertz CT molecular complexity index is 519. The Morgan fingerprint density at radius 1 is 0.778 bits per heavy atom. The number of aryl methyl sites for hydroxylation is 1. The van der Waals surface area contributed by atoms with Gasteiger partial charge in [0.25, 0.3) is 0 Å². The van der Waals surface area contributed by atoms with Crippen LogP contribution in [0.2, 0.25) is 15.1 Å². The highest BCUT2D eigenvalue weighted by atomic mass is 35.5. The molecule has 0 radical (unpaired) electrons. The van der Waals surface area contributed by atoms with Gasteiger partial charge in [0.05, 0.1) is 10.0 Å². The van der Waals surface area contributed by atoms with E-state index >= 15 is 0 Å². The van der Waals surface area contributed by atoms with Gasteiger partial charge in [-0.15, -0.1) is 0 Å². The fourth-order valence-electron chi connectivity index (χ4n) is 1.31. The van der Waals surface area contributed by atoms with E-state index in [0.29, 0.717) is 10.0 Å². The lowest BCUT2D eigenvalue weighted by molar-refractivity contribution is 1.38. The van der Waals surface area contributed by atoms with E-state index in [4.69, 9.17) is 34.8 Å². The molecule has 18 heavy (non-hydrogen) atoms. The van der Waals surface area contributed by atoms with Gasteiger partial charge in [-0.3, -0.25) is 0 Å². The molecule has 0 saturated carbocycles. The van der Waals surface area contributed by atoms with Crippen LogP contribution >= 0.6 is 56.4 Å². The third-order valence-electron chi connectivity index (χ3n) is 2.20. The first-order chi connectivity index (χ1) is 8.56. The van der Waals surface area contributed by atoms with Crippen LogP contribution in [0.5, 0.6) is 0 Å². The van der Waals surface area contributed by atoms with Crippen molar-refractivity contribution in [2.45, 2.75) is 16.7 Å². The SMILES string of the molecule is Cc1ccc(SSc2ccc(Cl)cc2Cl)c(Cl)c1. The molecule has 0 aliphatic rings. The van der Waals surface area contributed by atoms with Crippen LogP contribution in [0.15, 0.2) is 46.2 Å². The minimum absolute atomic E-state index is 0.641. The van der Waals surface area contributed by atoms with Gasteiger partial charge in [-0.2, -0.15) is 0 Å². The summed E-state index contributed by atoms with van der Waals surface area (Å²) in [5, 5.41) is 2.06. The summed E-state index contributed by atoms with van der Waals surface area (Å²) in [4.78, 5) is 2.00. The highest BCUT2D eigenvalue weighted by molar-refractivity contribution is 8.76. The number of hydrogen-bond acceptors (Lipinski definition) is 2. The van der Waals surface area contributed by atoms with Crippen molar-refractivity contribution in [3.63, 3.8) is 0 Å². The van der Waals surface area contributed by atoms with Gasteiger partial charge in [0.2, 0.25) is 0 Å². The summed E-state index contributed by atoms with van der Waals surface area (Å²) in [6.45, 7) is 2.02. The van der Waals surface area contributed by atoms with Gasteiger partial charge in [0.15, 0.2) is 0 Å². The molecule has 0 amide bonds. The summed E-state index contributed by atoms with van der Waals surface area (Å²) in [6.07, 6.45) is 0. The maximum absolute atomic E-state index is 6.17. The average Bonchev–Trinajstić information content (AvgIpc) is 2.30. The lowest BCUT2D eigenvalue weighted by Crippen LogP contribution is -1.76. The van der Waals surface area contributed by atoms with Crippen LogP contribution in [-0.2, 0) is 0 Å². The predicted octanol–water partition coefficient (Wildman–Crippen LogP) is 6.75. The molecule has 0 aliphatic carbocycles. The lowest BCUT2D eigenvalue weighted by Gasteiger charge is -2.06. The molecular weight excluding hydrogens is 327 g/mol. The van der Waals surface area contributed by atoms with Gasteiger partial charge in [0, 0.05) is 14.8 Å². The summed E-state index contributed by atoms with van der Waals surface area (Å²) in [6, 6.07) is 11.5. The van der Waals surface area contributed by atoms with Crippen LogP contribution in [0.1, 0.15) is 5.56 Å². The van der Waals surface area contributed by atoms with E-state index in [9.17, 15) is 0 Å². The van der Waals surface area contributed by atoms with Crippen molar-refractivity contribution in [3.05, 3.63) is 57.0 Å². The second kappa shape index (κ2) is 6.44. The molecule has 0 nitrogen and oxygen atoms in total. The van der Waals surface area contributed by atoms with Crippen molar-refractivity contribution >= 4 is 56.4 Å². The fourth-order valence-corrected chi connectivity index (χ4v) is 4.57. The molecule has 5 heteroatoms. The summed E-state index contributed by atoms with van der Waals surface area (Å²) in [5.41, 5.74) is 1.15. The smallest absolute Gasteiger partial charge is 0.0565 e. The zero-order valence-corrected chi connectivity index (χ0v) is 13.3. The Balaban J connectivity index is 2.11. The first kappa shape index (κ1) is 14.4. The summed E-state index contributed by atoms with van der Waals surface area (Å²) in [5.74, 6) is 0. The summed E-state index contributed by atoms with van der Waals surface area (Å²) >= 11 is 18.1. The molecule has 2 aromatic rings. The Hall–Kier alpha value is 0.01000. The Morgan fingerprint density at radius 2 is 1.33 bits per heavy atom. The van der Waals surface area contributed by atoms with Crippen molar-refractivity contribution in [2.75, 3.05) is 0 Å². The molecule has 0 atom stereocenters. The summed E-state index contributed by atoms with van der Waals surface area (Å²) in [7, 11) is 3.16. The second-order valence-electron chi connectivity index (χ2n) is 3.68. The third-order valence-corrected chi connectivity index (χ3v) is 5.77. The van der Waals surface area contributed by atoms with Crippen molar-refractivity contribution in [1.82, 2.24) is 0 Å². The Labute approximate surface area is 129 Å². The predicted molar refractivity (Wildman–Crippen MR) is 84.4 cm³/mol. The van der Waals surface area contributed by atoms with E-state index in [1.165, 1.54) is 0 Å². The Kier molecular flexibility index (Phi) is 5.16. The van der Waals surface area contributed by atoms with Crippen LogP contribution in [0.4, 0.5) is 0 Å². The van der Waals surface area contributed by atoms with E-state index in [2.05, 4.69) is 0 Å². The van der Waals surface area contributed by atoms with Crippen LogP contribution < -0.4 is 0 Å². The largest absolute Gasteiger partial charge is 0.0843 e. The molecular formula is C13H9Cl3S2. The standard InChI is InChI=1S/C13H9Cl3S2/c1-8-2-4-12(10(15)6-8)17-18-13-5-3-9(14)7-11(13)16/h2-7H,1H3. The van der Waals surface area contributed by atoms with Crippen molar-refractivity contribution in [3.8, 4) is 0 Å². The number of rotatable bonds is 3. The van der Waals surface area contributed by atoms with Gasteiger partial charge >= 0.3 is 0 Å². The zero-order chi connectivity index (χ0) is 13.1. The fraction of sp³-hybridized carbons (Fsp3) is 0.0769. The molecule has 0 spiro atoms. The number of hydrogen-bond donors (Lipinski definition) is 0. The van der Waals surface area contributed by atoms with E-state index in [0.717, 1.165) is 20.4 Å². The molecule has 2 aromatic carbocycles. The molecule has 0 bridgehead atoms. The van der Waals surface area contributed by atoms with Gasteiger partial charge in [-0.25, -0.2) is 0 Å². The first-order valence-electron chi connectivity index (χ1n) is 5.12. The zero-order valence-electron chi connectivity index (χ0n) is 9.41. The quantitative estimate of drug-likeness (QED) is 0.569. The van der Waals surface area contributed by atoms with Crippen LogP contribution in [-0.4, -0.2) is 0 Å². The van der Waals surface area contributed by atoms with Crippen LogP contribution in [0, 0.1) is 6.92 Å². The van der Waals surface area contributed by atoms with E-state index < -0.39 is 0 Å². The molecule has 0 unspecified atom stereocenters. The molecule has 2 rings (SSSR count). The van der Waals surface area contributed by atoms with Crippen molar-refractivity contribution in [2.24, 2.45) is 0 Å². The number of benzene rings is 2. The van der Waals surface area contributed by atoms with Crippen molar-refractivity contribution in [1.29, 1.82) is 0 Å². The molecule has 0 aliphatic heterocycles. The molecule has 0 N–H and O–H groups in total. The topological polar surface area (TPSA) is 0 Å². The highest BCUT2D eigenvalue weighted by Gasteiger charge is 2.06. The van der Waals surface area contributed by atoms with E-state index in [1.807, 2.05) is 37.3 Å². The molecule has 94 valence electrons. The van der Waals surface area contributed by atoms with Crippen LogP contribution in [0.3, 0.4) is 0 Å². The maximum atomic E-state index is 6.17. The lowest BCUT2D eigenvalue weighted by atomic mass is 10.2. The monoisotopic (exact) mass is 334 g/mol. The Morgan fingerprint density at radius 3 is 1.89 bits per heavy atom. The van der Waals surface area contributed by atoms with Gasteiger partial charge < -0.3 is 0 Å². The maximum Gasteiger partial charge on any atom is 0.0565 e. The highest BCUT2D eigenvalue weighted by Crippen LogP contribution is 2.43. The van der Waals surface area contributed by atoms with Gasteiger partial charge in [-0.05, 0) is 42.8 Å².